The molecule has 0 bridgehead atoms. The molecule has 1 saturated heterocycles. The maximum absolute atomic E-state index is 13.1. The maximum atomic E-state index is 13.1. The van der Waals surface area contributed by atoms with E-state index in [1.165, 1.54) is 18.3 Å². The molecule has 0 unspecified atom stereocenters. The number of halogens is 2. The number of amides is 2. The number of carbonyl (C=O) groups is 2. The molecule has 0 radical (unpaired) electrons. The van der Waals surface area contributed by atoms with Gasteiger partial charge < -0.3 is 15.0 Å². The molecule has 0 saturated carbocycles. The first kappa shape index (κ1) is 22.5. The van der Waals surface area contributed by atoms with Crippen molar-refractivity contribution in [3.63, 3.8) is 0 Å². The quantitative estimate of drug-likeness (QED) is 0.635. The number of rotatable bonds is 5. The van der Waals surface area contributed by atoms with E-state index in [-0.39, 0.29) is 29.3 Å². The molecule has 2 amide bonds. The third-order valence-electron chi connectivity index (χ3n) is 5.72. The van der Waals surface area contributed by atoms with E-state index in [1.54, 1.807) is 23.4 Å². The summed E-state index contributed by atoms with van der Waals surface area (Å²) >= 11 is 0. The summed E-state index contributed by atoms with van der Waals surface area (Å²) in [5.74, 6) is -1.04. The van der Waals surface area contributed by atoms with E-state index in [4.69, 9.17) is 0 Å². The van der Waals surface area contributed by atoms with Gasteiger partial charge in [0.1, 0.15) is 0 Å². The molecule has 2 aromatic heterocycles. The Balaban J connectivity index is 1.43. The van der Waals surface area contributed by atoms with Crippen LogP contribution < -0.4 is 10.1 Å². The van der Waals surface area contributed by atoms with Gasteiger partial charge in [-0.1, -0.05) is 6.92 Å². The highest BCUT2D eigenvalue weighted by Gasteiger charge is 2.31. The second kappa shape index (κ2) is 9.43. The lowest BCUT2D eigenvalue weighted by molar-refractivity contribution is -0.0504. The molecule has 3 heterocycles. The number of aryl methyl sites for hydroxylation is 1. The number of carbonyl (C=O) groups excluding carboxylic acids is 2. The van der Waals surface area contributed by atoms with Crippen LogP contribution in [0.2, 0.25) is 0 Å². The Morgan fingerprint density at radius 2 is 1.97 bits per heavy atom. The van der Waals surface area contributed by atoms with Crippen LogP contribution >= 0.6 is 0 Å². The summed E-state index contributed by atoms with van der Waals surface area (Å²) in [6.45, 7) is 1.63. The Morgan fingerprint density at radius 3 is 2.73 bits per heavy atom. The van der Waals surface area contributed by atoms with Gasteiger partial charge >= 0.3 is 6.61 Å². The van der Waals surface area contributed by atoms with E-state index in [1.807, 2.05) is 19.9 Å². The average molecular weight is 455 g/mol. The second-order valence-electron chi connectivity index (χ2n) is 8.04. The van der Waals surface area contributed by atoms with E-state index in [9.17, 15) is 18.4 Å². The first-order chi connectivity index (χ1) is 15.8. The minimum Gasteiger partial charge on any atom is -0.432 e. The van der Waals surface area contributed by atoms with Crippen LogP contribution in [0.3, 0.4) is 0 Å². The molecule has 4 rings (SSSR count). The molecule has 3 aromatic rings. The zero-order valence-electron chi connectivity index (χ0n) is 18.2. The SMILES string of the molecule is Cc1cc(C(=O)N2CC[C@@H](NC(=O)c3ncccc3OC(F)F)[C@@H](C)C2)cc2nccnc12. The number of benzene rings is 1. The third-order valence-corrected chi connectivity index (χ3v) is 5.72. The van der Waals surface area contributed by atoms with Gasteiger partial charge in [-0.2, -0.15) is 8.78 Å². The van der Waals surface area contributed by atoms with Gasteiger partial charge in [0, 0.05) is 43.3 Å². The normalized spacial score (nSPS) is 18.4. The Hall–Kier alpha value is -3.69. The van der Waals surface area contributed by atoms with E-state index >= 15 is 0 Å². The van der Waals surface area contributed by atoms with Crippen molar-refractivity contribution in [2.75, 3.05) is 13.1 Å². The first-order valence-corrected chi connectivity index (χ1v) is 10.5. The van der Waals surface area contributed by atoms with Gasteiger partial charge in [-0.3, -0.25) is 19.6 Å². The van der Waals surface area contributed by atoms with Gasteiger partial charge in [0.2, 0.25) is 0 Å². The van der Waals surface area contributed by atoms with Crippen LogP contribution in [-0.2, 0) is 0 Å². The van der Waals surface area contributed by atoms with E-state index in [2.05, 4.69) is 25.0 Å². The lowest BCUT2D eigenvalue weighted by atomic mass is 9.93. The van der Waals surface area contributed by atoms with Crippen molar-refractivity contribution < 1.29 is 23.1 Å². The number of likely N-dealkylation sites (tertiary alicyclic amines) is 1. The van der Waals surface area contributed by atoms with Gasteiger partial charge in [0.25, 0.3) is 11.8 Å². The summed E-state index contributed by atoms with van der Waals surface area (Å²) in [5, 5.41) is 2.85. The molecule has 2 atom stereocenters. The summed E-state index contributed by atoms with van der Waals surface area (Å²) in [6.07, 6.45) is 5.06. The summed E-state index contributed by atoms with van der Waals surface area (Å²) in [6, 6.07) is 5.99. The molecule has 10 heteroatoms. The summed E-state index contributed by atoms with van der Waals surface area (Å²) in [7, 11) is 0. The van der Waals surface area contributed by atoms with Crippen molar-refractivity contribution in [1.82, 2.24) is 25.2 Å². The number of ether oxygens (including phenoxy) is 1. The van der Waals surface area contributed by atoms with Crippen molar-refractivity contribution in [1.29, 1.82) is 0 Å². The van der Waals surface area contributed by atoms with Crippen LogP contribution in [-0.4, -0.2) is 57.4 Å². The minimum absolute atomic E-state index is 0.0591. The van der Waals surface area contributed by atoms with Crippen LogP contribution in [0.1, 0.15) is 39.8 Å². The van der Waals surface area contributed by atoms with Crippen LogP contribution in [0.4, 0.5) is 8.78 Å². The molecule has 33 heavy (non-hydrogen) atoms. The molecular weight excluding hydrogens is 432 g/mol. The lowest BCUT2D eigenvalue weighted by Crippen LogP contribution is -2.51. The van der Waals surface area contributed by atoms with Crippen LogP contribution in [0.15, 0.2) is 42.9 Å². The average Bonchev–Trinajstić information content (AvgIpc) is 2.79. The number of aromatic nitrogens is 3. The fourth-order valence-corrected chi connectivity index (χ4v) is 4.09. The van der Waals surface area contributed by atoms with Crippen molar-refractivity contribution in [3.05, 3.63) is 59.7 Å². The Kier molecular flexibility index (Phi) is 6.43. The Bertz CT molecular complexity index is 1190. The van der Waals surface area contributed by atoms with Gasteiger partial charge in [-0.15, -0.1) is 0 Å². The molecular formula is C23H23F2N5O3. The summed E-state index contributed by atoms with van der Waals surface area (Å²) in [5.41, 5.74) is 2.63. The predicted octanol–water partition coefficient (Wildman–Crippen LogP) is 3.22. The molecule has 1 aromatic carbocycles. The molecule has 1 fully saturated rings. The van der Waals surface area contributed by atoms with E-state index in [0.717, 1.165) is 11.1 Å². The largest absolute Gasteiger partial charge is 0.432 e. The topological polar surface area (TPSA) is 97.3 Å². The summed E-state index contributed by atoms with van der Waals surface area (Å²) in [4.78, 5) is 40.0. The molecule has 172 valence electrons. The molecule has 0 spiro atoms. The van der Waals surface area contributed by atoms with E-state index in [0.29, 0.717) is 30.6 Å². The van der Waals surface area contributed by atoms with Crippen LogP contribution in [0.5, 0.6) is 5.75 Å². The van der Waals surface area contributed by atoms with E-state index < -0.39 is 12.5 Å². The first-order valence-electron chi connectivity index (χ1n) is 10.5. The number of alkyl halides is 2. The third kappa shape index (κ3) is 4.89. The number of hydrogen-bond donors (Lipinski definition) is 1. The fraction of sp³-hybridized carbons (Fsp3) is 0.348. The summed E-state index contributed by atoms with van der Waals surface area (Å²) < 4.78 is 29.7. The fourth-order valence-electron chi connectivity index (χ4n) is 4.09. The minimum atomic E-state index is -3.06. The number of piperidine rings is 1. The number of nitrogens with one attached hydrogen (secondary N) is 1. The van der Waals surface area contributed by atoms with Gasteiger partial charge in [-0.05, 0) is 49.1 Å². The lowest BCUT2D eigenvalue weighted by Gasteiger charge is -2.37. The smallest absolute Gasteiger partial charge is 0.387 e. The van der Waals surface area contributed by atoms with Crippen molar-refractivity contribution in [2.24, 2.45) is 5.92 Å². The molecule has 1 aliphatic rings. The van der Waals surface area contributed by atoms with Crippen LogP contribution in [0, 0.1) is 12.8 Å². The number of nitrogens with zero attached hydrogens (tertiary/aromatic N) is 4. The van der Waals surface area contributed by atoms with Crippen LogP contribution in [0.25, 0.3) is 11.0 Å². The van der Waals surface area contributed by atoms with Gasteiger partial charge in [0.05, 0.1) is 11.0 Å². The van der Waals surface area contributed by atoms with Crippen molar-refractivity contribution >= 4 is 22.8 Å². The standard InChI is InChI=1S/C23H23F2N5O3/c1-13-10-15(11-17-19(13)28-8-7-26-17)22(32)30-9-5-16(14(2)12-30)29-21(31)20-18(33-23(24)25)4-3-6-27-20/h3-4,6-8,10-11,14,16,23H,5,9,12H2,1-2H3,(H,29,31)/t14-,16+/m0/s1. The van der Waals surface area contributed by atoms with Crippen molar-refractivity contribution in [3.8, 4) is 5.75 Å². The predicted molar refractivity (Wildman–Crippen MR) is 116 cm³/mol. The zero-order valence-corrected chi connectivity index (χ0v) is 18.2. The van der Waals surface area contributed by atoms with Gasteiger partial charge in [0.15, 0.2) is 11.4 Å². The maximum Gasteiger partial charge on any atom is 0.387 e. The number of hydrogen-bond acceptors (Lipinski definition) is 6. The zero-order chi connectivity index (χ0) is 23.5. The molecule has 1 aliphatic heterocycles. The second-order valence-corrected chi connectivity index (χ2v) is 8.04. The molecule has 1 N–H and O–H groups in total. The molecule has 8 nitrogen and oxygen atoms in total. The Morgan fingerprint density at radius 1 is 1.18 bits per heavy atom. The highest BCUT2D eigenvalue weighted by molar-refractivity contribution is 5.98. The highest BCUT2D eigenvalue weighted by Crippen LogP contribution is 2.23. The van der Waals surface area contributed by atoms with Crippen molar-refractivity contribution in [2.45, 2.75) is 32.9 Å². The molecule has 0 aliphatic carbocycles. The monoisotopic (exact) mass is 455 g/mol. The highest BCUT2D eigenvalue weighted by atomic mass is 19.3. The number of fused-ring (bicyclic) bond motifs is 1. The van der Waals surface area contributed by atoms with Gasteiger partial charge in [-0.25, -0.2) is 4.98 Å². The Labute approximate surface area is 189 Å². The number of pyridine rings is 1.